The van der Waals surface area contributed by atoms with E-state index in [0.717, 1.165) is 35.5 Å². The molecule has 2 aliphatic rings. The van der Waals surface area contributed by atoms with Gasteiger partial charge in [0.05, 0.1) is 0 Å². The van der Waals surface area contributed by atoms with Crippen molar-refractivity contribution in [3.05, 3.63) is 0 Å². The Morgan fingerprint density at radius 1 is 0.630 bits per heavy atom. The lowest BCUT2D eigenvalue weighted by Crippen LogP contribution is -2.36. The van der Waals surface area contributed by atoms with Crippen LogP contribution in [0.5, 0.6) is 0 Å². The molecular weight excluding hydrogens is 324 g/mol. The summed E-state index contributed by atoms with van der Waals surface area (Å²) in [4.78, 5) is 0. The van der Waals surface area contributed by atoms with Gasteiger partial charge in [-0.05, 0) is 61.2 Å². The smallest absolute Gasteiger partial charge is 0.0352 e. The van der Waals surface area contributed by atoms with Gasteiger partial charge in [0, 0.05) is 0 Å². The molecule has 0 nitrogen and oxygen atoms in total. The summed E-state index contributed by atoms with van der Waals surface area (Å²) >= 11 is 0. The third-order valence-electron chi connectivity index (χ3n) is 8.35. The van der Waals surface area contributed by atoms with Crippen molar-refractivity contribution in [3.63, 3.8) is 0 Å². The van der Waals surface area contributed by atoms with E-state index in [4.69, 9.17) is 0 Å². The van der Waals surface area contributed by atoms with Crippen LogP contribution in [0.1, 0.15) is 137 Å². The third-order valence-corrected chi connectivity index (χ3v) is 8.35. The summed E-state index contributed by atoms with van der Waals surface area (Å²) in [5.74, 6) is 6.26. The van der Waals surface area contributed by atoms with Gasteiger partial charge in [-0.1, -0.05) is 111 Å². The predicted octanol–water partition coefficient (Wildman–Crippen LogP) is 9.42. The van der Waals surface area contributed by atoms with Crippen molar-refractivity contribution in [2.75, 3.05) is 0 Å². The van der Waals surface area contributed by atoms with E-state index in [9.17, 15) is 0 Å². The second kappa shape index (κ2) is 13.3. The summed E-state index contributed by atoms with van der Waals surface area (Å²) in [6, 6.07) is 0. The van der Waals surface area contributed by atoms with Gasteiger partial charge in [-0.15, -0.1) is 0 Å². The molecule has 2 rings (SSSR count). The summed E-state index contributed by atoms with van der Waals surface area (Å²) in [6.07, 6.45) is 25.5. The quantitative estimate of drug-likeness (QED) is 0.297. The highest BCUT2D eigenvalue weighted by atomic mass is 14.4. The highest BCUT2D eigenvalue weighted by Crippen LogP contribution is 2.48. The van der Waals surface area contributed by atoms with Crippen LogP contribution < -0.4 is 0 Å². The first kappa shape index (κ1) is 23.3. The number of unbranched alkanes of at least 4 members (excludes halogenated alkanes) is 6. The van der Waals surface area contributed by atoms with Crippen LogP contribution in [-0.4, -0.2) is 0 Å². The van der Waals surface area contributed by atoms with Crippen LogP contribution in [-0.2, 0) is 0 Å². The van der Waals surface area contributed by atoms with Crippen molar-refractivity contribution in [2.24, 2.45) is 35.5 Å². The predicted molar refractivity (Wildman–Crippen MR) is 122 cm³/mol. The summed E-state index contributed by atoms with van der Waals surface area (Å²) < 4.78 is 0. The minimum atomic E-state index is 0.988. The fraction of sp³-hybridized carbons (Fsp3) is 1.00. The zero-order chi connectivity index (χ0) is 19.5. The van der Waals surface area contributed by atoms with Crippen LogP contribution in [0.2, 0.25) is 0 Å². The van der Waals surface area contributed by atoms with E-state index in [1.165, 1.54) is 70.6 Å². The van der Waals surface area contributed by atoms with Crippen LogP contribution in [0.3, 0.4) is 0 Å². The molecule has 0 aliphatic heterocycles. The Hall–Kier alpha value is 0. The molecule has 3 unspecified atom stereocenters. The lowest BCUT2D eigenvalue weighted by molar-refractivity contribution is 0.0487. The molecule has 0 aromatic heterocycles. The van der Waals surface area contributed by atoms with Gasteiger partial charge in [-0.2, -0.15) is 0 Å². The number of hydrogen-bond donors (Lipinski definition) is 0. The van der Waals surface area contributed by atoms with Crippen LogP contribution in [0, 0.1) is 35.5 Å². The average molecular weight is 377 g/mol. The van der Waals surface area contributed by atoms with E-state index >= 15 is 0 Å². The average Bonchev–Trinajstić information content (AvgIpc) is 2.67. The molecule has 0 radical (unpaired) electrons. The fourth-order valence-corrected chi connectivity index (χ4v) is 6.53. The molecule has 27 heavy (non-hydrogen) atoms. The number of hydrogen-bond acceptors (Lipinski definition) is 0. The van der Waals surface area contributed by atoms with E-state index in [1.807, 2.05) is 0 Å². The zero-order valence-corrected chi connectivity index (χ0v) is 19.5. The Labute approximate surface area is 172 Å². The van der Waals surface area contributed by atoms with Gasteiger partial charge in [-0.25, -0.2) is 0 Å². The molecule has 2 aliphatic carbocycles. The van der Waals surface area contributed by atoms with E-state index in [2.05, 4.69) is 27.7 Å². The molecule has 0 spiro atoms. The molecule has 0 aromatic carbocycles. The number of rotatable bonds is 12. The van der Waals surface area contributed by atoms with Gasteiger partial charge in [0.2, 0.25) is 0 Å². The summed E-state index contributed by atoms with van der Waals surface area (Å²) in [7, 11) is 0. The molecule has 0 aromatic rings. The maximum Gasteiger partial charge on any atom is -0.0352 e. The van der Waals surface area contributed by atoms with Gasteiger partial charge in [-0.3, -0.25) is 0 Å². The Bertz CT molecular complexity index is 339. The first-order valence-corrected chi connectivity index (χ1v) is 13.2. The minimum Gasteiger partial charge on any atom is -0.0654 e. The largest absolute Gasteiger partial charge is 0.0654 e. The molecule has 0 amide bonds. The van der Waals surface area contributed by atoms with Crippen molar-refractivity contribution < 1.29 is 0 Å². The van der Waals surface area contributed by atoms with Crippen LogP contribution >= 0.6 is 0 Å². The molecule has 2 fully saturated rings. The summed E-state index contributed by atoms with van der Waals surface area (Å²) in [6.45, 7) is 9.74. The second-order valence-corrected chi connectivity index (χ2v) is 10.7. The van der Waals surface area contributed by atoms with E-state index in [0.29, 0.717) is 0 Å². The molecule has 3 atom stereocenters. The van der Waals surface area contributed by atoms with Crippen molar-refractivity contribution in [2.45, 2.75) is 137 Å². The van der Waals surface area contributed by atoms with E-state index in [1.54, 1.807) is 38.5 Å². The van der Waals surface area contributed by atoms with Gasteiger partial charge < -0.3 is 0 Å². The molecule has 0 saturated heterocycles. The third kappa shape index (κ3) is 8.10. The SMILES string of the molecule is CCCCCCC(CCCCCC)C1CC(C)CCC1C1CCC(C)CC1. The summed E-state index contributed by atoms with van der Waals surface area (Å²) in [5.41, 5.74) is 0. The Morgan fingerprint density at radius 2 is 1.19 bits per heavy atom. The van der Waals surface area contributed by atoms with Gasteiger partial charge in [0.25, 0.3) is 0 Å². The Kier molecular flexibility index (Phi) is 11.4. The van der Waals surface area contributed by atoms with Gasteiger partial charge in [0.15, 0.2) is 0 Å². The monoisotopic (exact) mass is 376 g/mol. The topological polar surface area (TPSA) is 0 Å². The fourth-order valence-electron chi connectivity index (χ4n) is 6.53. The van der Waals surface area contributed by atoms with Crippen LogP contribution in [0.25, 0.3) is 0 Å². The van der Waals surface area contributed by atoms with Crippen LogP contribution in [0.15, 0.2) is 0 Å². The Balaban J connectivity index is 1.98. The molecule has 2 saturated carbocycles. The first-order valence-electron chi connectivity index (χ1n) is 13.2. The van der Waals surface area contributed by atoms with E-state index < -0.39 is 0 Å². The molecular formula is C27H52. The van der Waals surface area contributed by atoms with Crippen molar-refractivity contribution in [1.82, 2.24) is 0 Å². The molecule has 0 N–H and O–H groups in total. The highest BCUT2D eigenvalue weighted by molar-refractivity contribution is 4.89. The Morgan fingerprint density at radius 3 is 1.74 bits per heavy atom. The minimum absolute atomic E-state index is 0.988. The summed E-state index contributed by atoms with van der Waals surface area (Å²) in [5, 5.41) is 0. The normalized spacial score (nSPS) is 32.1. The van der Waals surface area contributed by atoms with Crippen molar-refractivity contribution in [3.8, 4) is 0 Å². The first-order chi connectivity index (χ1) is 13.2. The van der Waals surface area contributed by atoms with Gasteiger partial charge in [0.1, 0.15) is 0 Å². The standard InChI is InChI=1S/C27H52/c1-5-7-9-11-13-24(14-12-10-8-6-2)27-21-23(4)17-20-26(27)25-18-15-22(3)16-19-25/h22-27H,5-21H2,1-4H3. The maximum absolute atomic E-state index is 2.55. The molecule has 0 heteroatoms. The van der Waals surface area contributed by atoms with Gasteiger partial charge >= 0.3 is 0 Å². The van der Waals surface area contributed by atoms with Crippen molar-refractivity contribution >= 4 is 0 Å². The second-order valence-electron chi connectivity index (χ2n) is 10.7. The zero-order valence-electron chi connectivity index (χ0n) is 19.5. The lowest BCUT2D eigenvalue weighted by Gasteiger charge is -2.45. The lowest BCUT2D eigenvalue weighted by atomic mass is 9.60. The molecule has 0 bridgehead atoms. The maximum atomic E-state index is 2.55. The van der Waals surface area contributed by atoms with Crippen LogP contribution in [0.4, 0.5) is 0 Å². The molecule has 0 heterocycles. The van der Waals surface area contributed by atoms with E-state index in [-0.39, 0.29) is 0 Å². The highest BCUT2D eigenvalue weighted by Gasteiger charge is 2.38. The molecule has 160 valence electrons. The van der Waals surface area contributed by atoms with Crippen molar-refractivity contribution in [1.29, 1.82) is 0 Å².